The first-order valence-corrected chi connectivity index (χ1v) is 27.5. The molecule has 16 aromatic rings. The molecule has 3 heterocycles. The van der Waals surface area contributed by atoms with E-state index in [1.807, 2.05) is 0 Å². The van der Waals surface area contributed by atoms with Crippen molar-refractivity contribution in [3.8, 4) is 50.4 Å². The zero-order valence-corrected chi connectivity index (χ0v) is 43.7. The lowest BCUT2D eigenvalue weighted by Crippen LogP contribution is -2.10. The molecule has 0 amide bonds. The number of aromatic nitrogens is 3. The van der Waals surface area contributed by atoms with Crippen LogP contribution < -0.4 is 4.90 Å². The molecule has 0 aliphatic carbocycles. The maximum Gasteiger partial charge on any atom is 0.0541 e. The summed E-state index contributed by atoms with van der Waals surface area (Å²) in [6, 6.07) is 111. The summed E-state index contributed by atoms with van der Waals surface area (Å²) in [4.78, 5) is 2.43. The minimum absolute atomic E-state index is 1.08. The van der Waals surface area contributed by atoms with Gasteiger partial charge < -0.3 is 18.6 Å². The summed E-state index contributed by atoms with van der Waals surface area (Å²) in [5.41, 5.74) is 21.0. The quantitative estimate of drug-likeness (QED) is 0.141. The topological polar surface area (TPSA) is 18.0 Å². The van der Waals surface area contributed by atoms with Gasteiger partial charge in [0.1, 0.15) is 0 Å². The summed E-state index contributed by atoms with van der Waals surface area (Å²) >= 11 is 0. The molecule has 0 N–H and O–H groups in total. The summed E-state index contributed by atoms with van der Waals surface area (Å²) in [6.45, 7) is 0. The third kappa shape index (κ3) is 7.31. The maximum atomic E-state index is 2.43. The van der Waals surface area contributed by atoms with Crippen LogP contribution in [0.2, 0.25) is 0 Å². The van der Waals surface area contributed by atoms with Crippen LogP contribution in [0, 0.1) is 0 Å². The molecule has 0 unspecified atom stereocenters. The SMILES string of the molecule is c1ccc(-n2c3ccccc3c3cc(-c4ccc(N(c5ccc(-c6ccc(-n7c8ccccc8c8ccccc87)cc6)cc5)c5ccc(-c6ccc7c(c6)c6ccccc6n7-c6ccccc6)c6ccccc56)cc4)ccc32)cc1. The van der Waals surface area contributed by atoms with Gasteiger partial charge in [-0.25, -0.2) is 0 Å². The van der Waals surface area contributed by atoms with Gasteiger partial charge in [-0.15, -0.1) is 0 Å². The summed E-state index contributed by atoms with van der Waals surface area (Å²) in [6.07, 6.45) is 0. The molecule has 0 spiro atoms. The molecule has 0 atom stereocenters. The van der Waals surface area contributed by atoms with Crippen LogP contribution in [0.5, 0.6) is 0 Å². The van der Waals surface area contributed by atoms with Gasteiger partial charge in [0.15, 0.2) is 0 Å². The van der Waals surface area contributed by atoms with Gasteiger partial charge in [0.05, 0.1) is 38.8 Å². The monoisotopic (exact) mass is 1020 g/mol. The van der Waals surface area contributed by atoms with E-state index in [0.717, 1.165) is 45.3 Å². The minimum atomic E-state index is 1.08. The van der Waals surface area contributed by atoms with E-state index in [4.69, 9.17) is 0 Å². The smallest absolute Gasteiger partial charge is 0.0541 e. The van der Waals surface area contributed by atoms with Gasteiger partial charge >= 0.3 is 0 Å². The molecular weight excluding hydrogens is 969 g/mol. The van der Waals surface area contributed by atoms with Crippen molar-refractivity contribution >= 4 is 93.3 Å². The molecule has 0 aliphatic heterocycles. The standard InChI is InChI=1S/C76H50N4/c1-3-17-56(18-4-1)78-72-29-15-11-25-66(72)68-49-54(37-46-75(68)78)53-35-41-59(42-36-53)77(58-39-31-51(32-40-58)52-33-43-60(44-34-52)80-70-27-13-9-23-64(70)65-24-10-14-28-71(65)80)74-48-45-61(62-21-7-8-22-63(62)74)55-38-47-76-69(50-55)67-26-12-16-30-73(67)79(76)57-19-5-2-6-20-57/h1-50H. The second kappa shape index (κ2) is 18.5. The fourth-order valence-electron chi connectivity index (χ4n) is 12.8. The van der Waals surface area contributed by atoms with Crippen molar-refractivity contribution in [1.82, 2.24) is 13.7 Å². The van der Waals surface area contributed by atoms with E-state index >= 15 is 0 Å². The molecule has 16 rings (SSSR count). The number of rotatable bonds is 9. The third-order valence-corrected chi connectivity index (χ3v) is 16.5. The average molecular weight is 1020 g/mol. The highest BCUT2D eigenvalue weighted by molar-refractivity contribution is 6.14. The van der Waals surface area contributed by atoms with Crippen LogP contribution >= 0.6 is 0 Å². The Morgan fingerprint density at radius 1 is 0.200 bits per heavy atom. The van der Waals surface area contributed by atoms with Gasteiger partial charge in [0, 0.05) is 66.1 Å². The van der Waals surface area contributed by atoms with Crippen molar-refractivity contribution in [3.05, 3.63) is 303 Å². The third-order valence-electron chi connectivity index (χ3n) is 16.5. The Bertz CT molecular complexity index is 4970. The molecule has 0 saturated carbocycles. The molecule has 13 aromatic carbocycles. The van der Waals surface area contributed by atoms with Gasteiger partial charge in [0.2, 0.25) is 0 Å². The number of para-hydroxylation sites is 6. The van der Waals surface area contributed by atoms with E-state index < -0.39 is 0 Å². The van der Waals surface area contributed by atoms with Gasteiger partial charge in [-0.3, -0.25) is 0 Å². The summed E-state index contributed by atoms with van der Waals surface area (Å²) < 4.78 is 7.14. The van der Waals surface area contributed by atoms with Crippen LogP contribution in [0.1, 0.15) is 0 Å². The normalized spacial score (nSPS) is 11.8. The Balaban J connectivity index is 0.806. The number of nitrogens with zero attached hydrogens (tertiary/aromatic N) is 4. The second-order valence-electron chi connectivity index (χ2n) is 20.9. The van der Waals surface area contributed by atoms with E-state index in [-0.39, 0.29) is 0 Å². The number of hydrogen-bond acceptors (Lipinski definition) is 1. The highest BCUT2D eigenvalue weighted by atomic mass is 15.1. The molecule has 0 saturated heterocycles. The average Bonchev–Trinajstić information content (AvgIpc) is 4.24. The summed E-state index contributed by atoms with van der Waals surface area (Å²) in [5.74, 6) is 0. The van der Waals surface area contributed by atoms with Gasteiger partial charge in [-0.05, 0) is 154 Å². The van der Waals surface area contributed by atoms with Crippen molar-refractivity contribution in [3.63, 3.8) is 0 Å². The fourth-order valence-corrected chi connectivity index (χ4v) is 12.8. The number of anilines is 3. The zero-order chi connectivity index (χ0) is 52.7. The minimum Gasteiger partial charge on any atom is -0.310 e. The van der Waals surface area contributed by atoms with Crippen LogP contribution in [-0.2, 0) is 0 Å². The predicted molar refractivity (Wildman–Crippen MR) is 338 cm³/mol. The van der Waals surface area contributed by atoms with E-state index in [1.165, 1.54) is 98.4 Å². The van der Waals surface area contributed by atoms with Crippen LogP contribution in [0.3, 0.4) is 0 Å². The first-order chi connectivity index (χ1) is 39.7. The highest BCUT2D eigenvalue weighted by Crippen LogP contribution is 2.45. The Hall–Kier alpha value is -10.7. The van der Waals surface area contributed by atoms with Crippen LogP contribution in [-0.4, -0.2) is 13.7 Å². The van der Waals surface area contributed by atoms with Gasteiger partial charge in [-0.2, -0.15) is 0 Å². The molecule has 0 bridgehead atoms. The maximum absolute atomic E-state index is 2.43. The molecule has 80 heavy (non-hydrogen) atoms. The van der Waals surface area contributed by atoms with Gasteiger partial charge in [-0.1, -0.05) is 188 Å². The van der Waals surface area contributed by atoms with E-state index in [0.29, 0.717) is 0 Å². The Morgan fingerprint density at radius 2 is 0.525 bits per heavy atom. The molecule has 4 nitrogen and oxygen atoms in total. The lowest BCUT2D eigenvalue weighted by molar-refractivity contribution is 1.18. The van der Waals surface area contributed by atoms with E-state index in [2.05, 4.69) is 322 Å². The number of hydrogen-bond donors (Lipinski definition) is 0. The van der Waals surface area contributed by atoms with Crippen molar-refractivity contribution in [2.45, 2.75) is 0 Å². The molecule has 374 valence electrons. The highest BCUT2D eigenvalue weighted by Gasteiger charge is 2.21. The summed E-state index contributed by atoms with van der Waals surface area (Å²) in [5, 5.41) is 9.85. The van der Waals surface area contributed by atoms with Crippen molar-refractivity contribution in [2.24, 2.45) is 0 Å². The van der Waals surface area contributed by atoms with Crippen LogP contribution in [0.25, 0.3) is 127 Å². The lowest BCUT2D eigenvalue weighted by Gasteiger charge is -2.28. The van der Waals surface area contributed by atoms with Crippen LogP contribution in [0.4, 0.5) is 17.1 Å². The van der Waals surface area contributed by atoms with Crippen molar-refractivity contribution in [2.75, 3.05) is 4.90 Å². The summed E-state index contributed by atoms with van der Waals surface area (Å²) in [7, 11) is 0. The molecule has 4 heteroatoms. The number of benzene rings is 13. The molecule has 0 radical (unpaired) electrons. The molecule has 0 fully saturated rings. The molecule has 3 aromatic heterocycles. The Kier molecular flexibility index (Phi) is 10.5. The lowest BCUT2D eigenvalue weighted by atomic mass is 9.95. The van der Waals surface area contributed by atoms with Crippen molar-refractivity contribution < 1.29 is 0 Å². The van der Waals surface area contributed by atoms with Gasteiger partial charge in [0.25, 0.3) is 0 Å². The fraction of sp³-hybridized carbons (Fsp3) is 0. The molecule has 0 aliphatic rings. The van der Waals surface area contributed by atoms with Crippen LogP contribution in [0.15, 0.2) is 303 Å². The Morgan fingerprint density at radius 3 is 1.00 bits per heavy atom. The first-order valence-electron chi connectivity index (χ1n) is 27.5. The largest absolute Gasteiger partial charge is 0.310 e. The second-order valence-corrected chi connectivity index (χ2v) is 20.9. The molecular formula is C76H50N4. The van der Waals surface area contributed by atoms with E-state index in [1.54, 1.807) is 0 Å². The first kappa shape index (κ1) is 45.5. The zero-order valence-electron chi connectivity index (χ0n) is 43.7. The van der Waals surface area contributed by atoms with E-state index in [9.17, 15) is 0 Å². The predicted octanol–water partition coefficient (Wildman–Crippen LogP) is 20.6. The Labute approximate surface area is 463 Å². The van der Waals surface area contributed by atoms with Crippen molar-refractivity contribution in [1.29, 1.82) is 0 Å². The number of fused-ring (bicyclic) bond motifs is 10.